The van der Waals surface area contributed by atoms with E-state index in [0.717, 1.165) is 30.1 Å². The van der Waals surface area contributed by atoms with Crippen molar-refractivity contribution in [1.29, 1.82) is 0 Å². The Bertz CT molecular complexity index is 939. The standard InChI is InChI=1S/C22H23F3N2O/c1-16-9-12-26(13-10-16)20-3-2-4-21-19(20)11-14-27(21)15-17-5-7-18(8-6-17)28-22(23,24)25/h2-8,11,14,16H,9-10,12-13,15H2,1H3. The Morgan fingerprint density at radius 1 is 1.00 bits per heavy atom. The van der Waals surface area contributed by atoms with Crippen LogP contribution < -0.4 is 9.64 Å². The van der Waals surface area contributed by atoms with Gasteiger partial charge in [-0.25, -0.2) is 0 Å². The van der Waals surface area contributed by atoms with Gasteiger partial charge in [0, 0.05) is 36.9 Å². The number of hydrogen-bond donors (Lipinski definition) is 0. The quantitative estimate of drug-likeness (QED) is 0.560. The molecule has 4 rings (SSSR count). The van der Waals surface area contributed by atoms with Gasteiger partial charge >= 0.3 is 6.36 Å². The normalized spacial score (nSPS) is 15.9. The maximum absolute atomic E-state index is 12.3. The van der Waals surface area contributed by atoms with Crippen LogP contribution in [-0.4, -0.2) is 24.0 Å². The zero-order chi connectivity index (χ0) is 19.7. The molecule has 1 saturated heterocycles. The second-order valence-corrected chi connectivity index (χ2v) is 7.51. The number of alkyl halides is 3. The van der Waals surface area contributed by atoms with Crippen molar-refractivity contribution in [3.8, 4) is 5.75 Å². The van der Waals surface area contributed by atoms with E-state index in [2.05, 4.69) is 45.4 Å². The van der Waals surface area contributed by atoms with Crippen molar-refractivity contribution in [1.82, 2.24) is 4.57 Å². The Balaban J connectivity index is 1.54. The second kappa shape index (κ2) is 7.41. The molecular weight excluding hydrogens is 365 g/mol. The first kappa shape index (κ1) is 18.7. The highest BCUT2D eigenvalue weighted by molar-refractivity contribution is 5.93. The van der Waals surface area contributed by atoms with Crippen molar-refractivity contribution in [3.05, 3.63) is 60.3 Å². The Morgan fingerprint density at radius 2 is 1.71 bits per heavy atom. The third-order valence-electron chi connectivity index (χ3n) is 5.42. The SMILES string of the molecule is CC1CCN(c2cccc3c2ccn3Cc2ccc(OC(F)(F)F)cc2)CC1. The van der Waals surface area contributed by atoms with Gasteiger partial charge in [0.05, 0.1) is 5.52 Å². The van der Waals surface area contributed by atoms with Gasteiger partial charge in [0.15, 0.2) is 0 Å². The lowest BCUT2D eigenvalue weighted by Crippen LogP contribution is -2.32. The summed E-state index contributed by atoms with van der Waals surface area (Å²) >= 11 is 0. The lowest BCUT2D eigenvalue weighted by atomic mass is 9.98. The highest BCUT2D eigenvalue weighted by Crippen LogP contribution is 2.31. The molecule has 1 fully saturated rings. The van der Waals surface area contributed by atoms with E-state index in [-0.39, 0.29) is 5.75 Å². The van der Waals surface area contributed by atoms with Gasteiger partial charge in [-0.05, 0) is 54.7 Å². The smallest absolute Gasteiger partial charge is 0.406 e. The lowest BCUT2D eigenvalue weighted by molar-refractivity contribution is -0.274. The average Bonchev–Trinajstić information content (AvgIpc) is 3.06. The number of hydrogen-bond acceptors (Lipinski definition) is 2. The van der Waals surface area contributed by atoms with Crippen LogP contribution in [0.25, 0.3) is 10.9 Å². The number of nitrogens with zero attached hydrogens (tertiary/aromatic N) is 2. The molecule has 1 aliphatic heterocycles. The summed E-state index contributed by atoms with van der Waals surface area (Å²) in [7, 11) is 0. The van der Waals surface area contributed by atoms with Gasteiger partial charge in [-0.3, -0.25) is 0 Å². The first-order valence-electron chi connectivity index (χ1n) is 9.56. The van der Waals surface area contributed by atoms with Crippen molar-refractivity contribution in [2.75, 3.05) is 18.0 Å². The van der Waals surface area contributed by atoms with Gasteiger partial charge in [-0.2, -0.15) is 0 Å². The van der Waals surface area contributed by atoms with E-state index in [1.807, 2.05) is 6.20 Å². The van der Waals surface area contributed by atoms with Crippen LogP contribution in [0.2, 0.25) is 0 Å². The molecule has 3 nitrogen and oxygen atoms in total. The molecule has 0 N–H and O–H groups in total. The average molecular weight is 388 g/mol. The predicted molar refractivity (Wildman–Crippen MR) is 105 cm³/mol. The molecule has 0 bridgehead atoms. The Hall–Kier alpha value is -2.63. The molecule has 1 aliphatic rings. The maximum Gasteiger partial charge on any atom is 0.573 e. The van der Waals surface area contributed by atoms with Crippen LogP contribution >= 0.6 is 0 Å². The highest BCUT2D eigenvalue weighted by atomic mass is 19.4. The monoisotopic (exact) mass is 388 g/mol. The molecule has 0 spiro atoms. The van der Waals surface area contributed by atoms with Gasteiger partial charge in [-0.1, -0.05) is 25.1 Å². The number of aromatic nitrogens is 1. The molecule has 2 heterocycles. The first-order valence-corrected chi connectivity index (χ1v) is 9.56. The van der Waals surface area contributed by atoms with Crippen LogP contribution in [0.15, 0.2) is 54.7 Å². The fourth-order valence-electron chi connectivity index (χ4n) is 3.86. The molecule has 0 atom stereocenters. The molecular formula is C22H23F3N2O. The van der Waals surface area contributed by atoms with Gasteiger partial charge in [0.25, 0.3) is 0 Å². The van der Waals surface area contributed by atoms with Gasteiger partial charge in [-0.15, -0.1) is 13.2 Å². The minimum absolute atomic E-state index is 0.199. The second-order valence-electron chi connectivity index (χ2n) is 7.51. The summed E-state index contributed by atoms with van der Waals surface area (Å²) in [6.45, 7) is 5.05. The van der Waals surface area contributed by atoms with Crippen molar-refractivity contribution in [2.45, 2.75) is 32.7 Å². The molecule has 2 aromatic carbocycles. The summed E-state index contributed by atoms with van der Waals surface area (Å²) in [5.41, 5.74) is 3.31. The van der Waals surface area contributed by atoms with E-state index in [9.17, 15) is 13.2 Å². The summed E-state index contributed by atoms with van der Waals surface area (Å²) in [5, 5.41) is 1.22. The minimum Gasteiger partial charge on any atom is -0.406 e. The zero-order valence-electron chi connectivity index (χ0n) is 15.7. The number of halogens is 3. The van der Waals surface area contributed by atoms with Gasteiger partial charge in [0.1, 0.15) is 5.75 Å². The molecule has 0 radical (unpaired) electrons. The van der Waals surface area contributed by atoms with Crippen molar-refractivity contribution < 1.29 is 17.9 Å². The fourth-order valence-corrected chi connectivity index (χ4v) is 3.86. The van der Waals surface area contributed by atoms with Crippen LogP contribution in [0.1, 0.15) is 25.3 Å². The van der Waals surface area contributed by atoms with E-state index in [1.54, 1.807) is 12.1 Å². The number of ether oxygens (including phenoxy) is 1. The van der Waals surface area contributed by atoms with Crippen LogP contribution in [0.4, 0.5) is 18.9 Å². The summed E-state index contributed by atoms with van der Waals surface area (Å²) in [5.74, 6) is 0.583. The van der Waals surface area contributed by atoms with E-state index in [0.29, 0.717) is 6.54 Å². The number of fused-ring (bicyclic) bond motifs is 1. The molecule has 0 aliphatic carbocycles. The zero-order valence-corrected chi connectivity index (χ0v) is 15.7. The summed E-state index contributed by atoms with van der Waals surface area (Å²) in [6.07, 6.45) is -0.200. The van der Waals surface area contributed by atoms with Crippen LogP contribution in [0.3, 0.4) is 0 Å². The molecule has 28 heavy (non-hydrogen) atoms. The van der Waals surface area contributed by atoms with Crippen molar-refractivity contribution in [3.63, 3.8) is 0 Å². The molecule has 148 valence electrons. The Labute approximate surface area is 162 Å². The number of piperidine rings is 1. The van der Waals surface area contributed by atoms with Crippen LogP contribution in [0, 0.1) is 5.92 Å². The van der Waals surface area contributed by atoms with Gasteiger partial charge in [0.2, 0.25) is 0 Å². The predicted octanol–water partition coefficient (Wildman–Crippen LogP) is 5.82. The van der Waals surface area contributed by atoms with Crippen molar-refractivity contribution in [2.24, 2.45) is 5.92 Å². The van der Waals surface area contributed by atoms with Gasteiger partial charge < -0.3 is 14.2 Å². The summed E-state index contributed by atoms with van der Waals surface area (Å²) in [6, 6.07) is 14.5. The molecule has 6 heteroatoms. The van der Waals surface area contributed by atoms with E-state index < -0.39 is 6.36 Å². The summed E-state index contributed by atoms with van der Waals surface area (Å²) < 4.78 is 43.0. The maximum atomic E-state index is 12.3. The van der Waals surface area contributed by atoms with E-state index in [1.165, 1.54) is 36.0 Å². The summed E-state index contributed by atoms with van der Waals surface area (Å²) in [4.78, 5) is 2.45. The number of rotatable bonds is 4. The molecule has 1 aromatic heterocycles. The van der Waals surface area contributed by atoms with E-state index >= 15 is 0 Å². The van der Waals surface area contributed by atoms with Crippen LogP contribution in [0.5, 0.6) is 5.75 Å². The number of benzene rings is 2. The van der Waals surface area contributed by atoms with Crippen LogP contribution in [-0.2, 0) is 6.54 Å². The minimum atomic E-state index is -4.67. The Morgan fingerprint density at radius 3 is 2.39 bits per heavy atom. The molecule has 0 amide bonds. The Kier molecular flexibility index (Phi) is 4.96. The number of anilines is 1. The highest BCUT2D eigenvalue weighted by Gasteiger charge is 2.30. The molecule has 0 unspecified atom stereocenters. The largest absolute Gasteiger partial charge is 0.573 e. The molecule has 3 aromatic rings. The van der Waals surface area contributed by atoms with E-state index in [4.69, 9.17) is 0 Å². The third kappa shape index (κ3) is 4.11. The third-order valence-corrected chi connectivity index (χ3v) is 5.42. The first-order chi connectivity index (χ1) is 13.4. The lowest BCUT2D eigenvalue weighted by Gasteiger charge is -2.32. The topological polar surface area (TPSA) is 17.4 Å². The molecule has 0 saturated carbocycles. The van der Waals surface area contributed by atoms with Crippen molar-refractivity contribution >= 4 is 16.6 Å². The fraction of sp³-hybridized carbons (Fsp3) is 0.364.